The average Bonchev–Trinajstić information content (AvgIpc) is 2.91. The van der Waals surface area contributed by atoms with Crippen molar-refractivity contribution in [2.75, 3.05) is 6.54 Å². The smallest absolute Gasteiger partial charge is 0.255 e. The minimum absolute atomic E-state index is 0.152. The summed E-state index contributed by atoms with van der Waals surface area (Å²) in [6.07, 6.45) is 4.52. The summed E-state index contributed by atoms with van der Waals surface area (Å²) >= 11 is 0. The molecule has 0 radical (unpaired) electrons. The van der Waals surface area contributed by atoms with Crippen LogP contribution in [-0.4, -0.2) is 43.1 Å². The van der Waals surface area contributed by atoms with Gasteiger partial charge in [0.15, 0.2) is 0 Å². The largest absolute Gasteiger partial charge is 0.340 e. The van der Waals surface area contributed by atoms with Gasteiger partial charge in [0.2, 0.25) is 11.9 Å². The van der Waals surface area contributed by atoms with Crippen LogP contribution in [0, 0.1) is 27.7 Å². The zero-order valence-electron chi connectivity index (χ0n) is 16.9. The van der Waals surface area contributed by atoms with E-state index in [0.29, 0.717) is 36.1 Å². The number of aromatic nitrogens is 4. The quantitative estimate of drug-likeness (QED) is 0.895. The van der Waals surface area contributed by atoms with E-state index in [9.17, 15) is 9.59 Å². The molecule has 3 heterocycles. The van der Waals surface area contributed by atoms with Crippen molar-refractivity contribution in [3.63, 3.8) is 0 Å². The van der Waals surface area contributed by atoms with E-state index in [1.165, 1.54) is 6.42 Å². The Morgan fingerprint density at radius 1 is 1.19 bits per heavy atom. The summed E-state index contributed by atoms with van der Waals surface area (Å²) in [5.41, 5.74) is 3.99. The van der Waals surface area contributed by atoms with Gasteiger partial charge in [-0.1, -0.05) is 0 Å². The van der Waals surface area contributed by atoms with E-state index in [4.69, 9.17) is 0 Å². The van der Waals surface area contributed by atoms with Crippen LogP contribution in [0.25, 0.3) is 5.95 Å². The SMILES string of the molecule is Cc1nn(-c2nc(C)c(C)c(=O)[nH]2)c(C)c1CCC(=O)N1CCCCC1C. The van der Waals surface area contributed by atoms with E-state index >= 15 is 0 Å². The topological polar surface area (TPSA) is 83.9 Å². The first-order valence-electron chi connectivity index (χ1n) is 9.72. The summed E-state index contributed by atoms with van der Waals surface area (Å²) in [6.45, 7) is 10.5. The van der Waals surface area contributed by atoms with Crippen molar-refractivity contribution in [2.45, 2.75) is 72.8 Å². The Labute approximate surface area is 159 Å². The standard InChI is InChI=1S/C20H29N5O2/c1-12-8-6-7-11-24(12)18(26)10-9-17-15(4)23-25(16(17)5)20-21-14(3)13(2)19(27)22-20/h12H,6-11H2,1-5H3,(H,21,22,27). The van der Waals surface area contributed by atoms with Crippen LogP contribution in [0.4, 0.5) is 0 Å². The number of hydrogen-bond donors (Lipinski definition) is 1. The van der Waals surface area contributed by atoms with Crippen molar-refractivity contribution in [1.82, 2.24) is 24.6 Å². The fourth-order valence-corrected chi connectivity index (χ4v) is 3.82. The monoisotopic (exact) mass is 371 g/mol. The number of H-pyrrole nitrogens is 1. The zero-order valence-corrected chi connectivity index (χ0v) is 16.9. The van der Waals surface area contributed by atoms with Crippen molar-refractivity contribution in [3.8, 4) is 5.95 Å². The lowest BCUT2D eigenvalue weighted by Crippen LogP contribution is -2.42. The van der Waals surface area contributed by atoms with Crippen LogP contribution in [0.15, 0.2) is 4.79 Å². The normalized spacial score (nSPS) is 17.4. The van der Waals surface area contributed by atoms with Gasteiger partial charge in [0.05, 0.1) is 5.69 Å². The van der Waals surface area contributed by atoms with Gasteiger partial charge in [0, 0.05) is 36.0 Å². The number of nitrogens with zero attached hydrogens (tertiary/aromatic N) is 4. The second kappa shape index (κ2) is 7.66. The molecular formula is C20H29N5O2. The average molecular weight is 371 g/mol. The highest BCUT2D eigenvalue weighted by molar-refractivity contribution is 5.77. The van der Waals surface area contributed by atoms with Crippen molar-refractivity contribution < 1.29 is 4.79 Å². The number of amides is 1. The molecule has 1 N–H and O–H groups in total. The fraction of sp³-hybridized carbons (Fsp3) is 0.600. The minimum atomic E-state index is -0.152. The predicted molar refractivity (Wildman–Crippen MR) is 104 cm³/mol. The van der Waals surface area contributed by atoms with E-state index in [0.717, 1.165) is 36.3 Å². The van der Waals surface area contributed by atoms with Gasteiger partial charge in [-0.15, -0.1) is 0 Å². The maximum atomic E-state index is 12.6. The summed E-state index contributed by atoms with van der Waals surface area (Å²) < 4.78 is 1.67. The second-order valence-corrected chi connectivity index (χ2v) is 7.59. The van der Waals surface area contributed by atoms with E-state index in [-0.39, 0.29) is 11.5 Å². The third-order valence-electron chi connectivity index (χ3n) is 5.74. The fourth-order valence-electron chi connectivity index (χ4n) is 3.82. The van der Waals surface area contributed by atoms with Crippen LogP contribution in [0.3, 0.4) is 0 Å². The van der Waals surface area contributed by atoms with Crippen LogP contribution in [0.1, 0.15) is 60.8 Å². The third-order valence-corrected chi connectivity index (χ3v) is 5.74. The molecule has 0 aliphatic carbocycles. The molecule has 0 aromatic carbocycles. The second-order valence-electron chi connectivity index (χ2n) is 7.59. The molecule has 1 saturated heterocycles. The number of piperidine rings is 1. The first-order chi connectivity index (χ1) is 12.8. The van der Waals surface area contributed by atoms with Gasteiger partial charge < -0.3 is 4.90 Å². The van der Waals surface area contributed by atoms with Crippen LogP contribution < -0.4 is 5.56 Å². The van der Waals surface area contributed by atoms with Gasteiger partial charge >= 0.3 is 0 Å². The molecule has 27 heavy (non-hydrogen) atoms. The van der Waals surface area contributed by atoms with E-state index < -0.39 is 0 Å². The Morgan fingerprint density at radius 2 is 1.93 bits per heavy atom. The molecule has 2 aromatic heterocycles. The maximum Gasteiger partial charge on any atom is 0.255 e. The number of aryl methyl sites for hydroxylation is 2. The Balaban J connectivity index is 1.80. The summed E-state index contributed by atoms with van der Waals surface area (Å²) in [6, 6.07) is 0.334. The number of aromatic amines is 1. The lowest BCUT2D eigenvalue weighted by atomic mass is 10.0. The van der Waals surface area contributed by atoms with Gasteiger partial charge in [0.25, 0.3) is 5.56 Å². The first-order valence-corrected chi connectivity index (χ1v) is 9.72. The van der Waals surface area contributed by atoms with E-state index in [1.54, 1.807) is 11.6 Å². The predicted octanol–water partition coefficient (Wildman–Crippen LogP) is 2.52. The zero-order chi connectivity index (χ0) is 19.7. The number of likely N-dealkylation sites (tertiary alicyclic amines) is 1. The molecule has 146 valence electrons. The molecule has 1 amide bonds. The minimum Gasteiger partial charge on any atom is -0.340 e. The molecule has 7 heteroatoms. The van der Waals surface area contributed by atoms with Crippen LogP contribution in [0.5, 0.6) is 0 Å². The molecule has 1 unspecified atom stereocenters. The molecule has 1 aliphatic heterocycles. The number of carbonyl (C=O) groups excluding carboxylic acids is 1. The molecule has 3 rings (SSSR count). The number of carbonyl (C=O) groups is 1. The van der Waals surface area contributed by atoms with Gasteiger partial charge in [-0.25, -0.2) is 9.67 Å². The van der Waals surface area contributed by atoms with Gasteiger partial charge in [0.1, 0.15) is 0 Å². The van der Waals surface area contributed by atoms with Gasteiger partial charge in [-0.2, -0.15) is 5.10 Å². The summed E-state index contributed by atoms with van der Waals surface area (Å²) in [5.74, 6) is 0.636. The number of rotatable bonds is 4. The lowest BCUT2D eigenvalue weighted by molar-refractivity contribution is -0.134. The molecule has 0 spiro atoms. The summed E-state index contributed by atoms with van der Waals surface area (Å²) in [7, 11) is 0. The van der Waals surface area contributed by atoms with Crippen LogP contribution in [-0.2, 0) is 11.2 Å². The van der Waals surface area contributed by atoms with Crippen molar-refractivity contribution >= 4 is 5.91 Å². The molecule has 7 nitrogen and oxygen atoms in total. The Kier molecular flexibility index (Phi) is 5.48. The van der Waals surface area contributed by atoms with Crippen molar-refractivity contribution in [2.24, 2.45) is 0 Å². The van der Waals surface area contributed by atoms with E-state index in [1.807, 2.05) is 25.7 Å². The molecule has 2 aromatic rings. The Morgan fingerprint density at radius 3 is 2.59 bits per heavy atom. The molecule has 0 saturated carbocycles. The molecule has 1 atom stereocenters. The first kappa shape index (κ1) is 19.3. The Bertz CT molecular complexity index is 912. The highest BCUT2D eigenvalue weighted by Gasteiger charge is 2.24. The molecule has 1 fully saturated rings. The summed E-state index contributed by atoms with van der Waals surface area (Å²) in [5, 5.41) is 4.56. The van der Waals surface area contributed by atoms with Crippen LogP contribution >= 0.6 is 0 Å². The van der Waals surface area contributed by atoms with Gasteiger partial charge in [-0.05, 0) is 65.9 Å². The van der Waals surface area contributed by atoms with Crippen LogP contribution in [0.2, 0.25) is 0 Å². The Hall–Kier alpha value is -2.44. The lowest BCUT2D eigenvalue weighted by Gasteiger charge is -2.33. The van der Waals surface area contributed by atoms with Gasteiger partial charge in [-0.3, -0.25) is 14.6 Å². The highest BCUT2D eigenvalue weighted by Crippen LogP contribution is 2.21. The molecule has 1 aliphatic rings. The van der Waals surface area contributed by atoms with Crippen molar-refractivity contribution in [3.05, 3.63) is 38.6 Å². The third kappa shape index (κ3) is 3.82. The summed E-state index contributed by atoms with van der Waals surface area (Å²) in [4.78, 5) is 34.0. The molecular weight excluding hydrogens is 342 g/mol. The number of hydrogen-bond acceptors (Lipinski definition) is 4. The van der Waals surface area contributed by atoms with E-state index in [2.05, 4.69) is 22.0 Å². The molecule has 0 bridgehead atoms. The number of nitrogens with one attached hydrogen (secondary N) is 1. The highest BCUT2D eigenvalue weighted by atomic mass is 16.2. The van der Waals surface area contributed by atoms with Crippen molar-refractivity contribution in [1.29, 1.82) is 0 Å². The maximum absolute atomic E-state index is 12.6.